The maximum Gasteiger partial charge on any atom is 0.227 e. The number of anilines is 1. The van der Waals surface area contributed by atoms with Crippen LogP contribution in [0, 0.1) is 0 Å². The number of carbonyl (C=O) groups excluding carboxylic acids is 1. The van der Waals surface area contributed by atoms with Gasteiger partial charge in [0.1, 0.15) is 0 Å². The average molecular weight is 377 g/mol. The van der Waals surface area contributed by atoms with Crippen molar-refractivity contribution in [3.8, 4) is 0 Å². The van der Waals surface area contributed by atoms with Crippen LogP contribution in [0.25, 0.3) is 0 Å². The van der Waals surface area contributed by atoms with Crippen LogP contribution in [0.1, 0.15) is 42.4 Å². The minimum atomic E-state index is -0.0606. The monoisotopic (exact) mass is 376 g/mol. The van der Waals surface area contributed by atoms with Crippen molar-refractivity contribution in [1.29, 1.82) is 0 Å². The number of fused-ring (bicyclic) bond motifs is 3. The first kappa shape index (κ1) is 17.9. The molecule has 28 heavy (non-hydrogen) atoms. The van der Waals surface area contributed by atoms with Gasteiger partial charge >= 0.3 is 0 Å². The largest absolute Gasteiger partial charge is 0.365 e. The van der Waals surface area contributed by atoms with Crippen LogP contribution in [0.2, 0.25) is 0 Å². The molecule has 2 aromatic rings. The maximum atomic E-state index is 12.4. The van der Waals surface area contributed by atoms with E-state index in [0.717, 1.165) is 64.2 Å². The van der Waals surface area contributed by atoms with Crippen molar-refractivity contribution in [3.05, 3.63) is 65.2 Å². The maximum absolute atomic E-state index is 12.4. The Morgan fingerprint density at radius 1 is 0.893 bits per heavy atom. The molecule has 1 fully saturated rings. The quantitative estimate of drug-likeness (QED) is 0.812. The highest BCUT2D eigenvalue weighted by Crippen LogP contribution is 2.43. The fourth-order valence-corrected chi connectivity index (χ4v) is 5.13. The number of nitrogens with zero attached hydrogens (tertiary/aromatic N) is 2. The Kier molecular flexibility index (Phi) is 4.69. The van der Waals surface area contributed by atoms with Crippen LogP contribution in [-0.4, -0.2) is 37.0 Å². The van der Waals surface area contributed by atoms with Gasteiger partial charge in [0, 0.05) is 31.7 Å². The lowest BCUT2D eigenvalue weighted by atomic mass is 9.84. The summed E-state index contributed by atoms with van der Waals surface area (Å²) in [5.74, 6) is 0.271. The van der Waals surface area contributed by atoms with E-state index in [1.54, 1.807) is 0 Å². The van der Waals surface area contributed by atoms with E-state index in [-0.39, 0.29) is 11.5 Å². The topological polar surface area (TPSA) is 32.8 Å². The molecule has 2 aromatic carbocycles. The van der Waals surface area contributed by atoms with Crippen molar-refractivity contribution in [2.45, 2.75) is 44.3 Å². The normalized spacial score (nSPS) is 21.0. The molecular formula is C24H28N2O2. The lowest BCUT2D eigenvalue weighted by molar-refractivity contribution is -0.118. The SMILES string of the molecule is O=C1CCc2ccccc2N1CCCN1CCC2(CC1)OCc1ccccc12. The number of piperidine rings is 1. The van der Waals surface area contributed by atoms with Crippen molar-refractivity contribution < 1.29 is 9.53 Å². The number of rotatable bonds is 4. The lowest BCUT2D eigenvalue weighted by Gasteiger charge is -2.39. The lowest BCUT2D eigenvalue weighted by Crippen LogP contribution is -2.43. The summed E-state index contributed by atoms with van der Waals surface area (Å²) >= 11 is 0. The molecule has 1 saturated heterocycles. The highest BCUT2D eigenvalue weighted by molar-refractivity contribution is 5.96. The molecule has 0 aromatic heterocycles. The Labute approximate surface area is 167 Å². The predicted molar refractivity (Wildman–Crippen MR) is 110 cm³/mol. The number of carbonyl (C=O) groups is 1. The van der Waals surface area contributed by atoms with Gasteiger partial charge in [0.05, 0.1) is 12.2 Å². The second-order valence-corrected chi connectivity index (χ2v) is 8.31. The Balaban J connectivity index is 1.16. The third-order valence-corrected chi connectivity index (χ3v) is 6.72. The number of hydrogen-bond donors (Lipinski definition) is 0. The molecule has 0 saturated carbocycles. The van der Waals surface area contributed by atoms with E-state index >= 15 is 0 Å². The number of likely N-dealkylation sites (tertiary alicyclic amines) is 1. The molecule has 4 heteroatoms. The summed E-state index contributed by atoms with van der Waals surface area (Å²) in [4.78, 5) is 17.0. The number of benzene rings is 2. The predicted octanol–water partition coefficient (Wildman–Crippen LogP) is 3.88. The van der Waals surface area contributed by atoms with Crippen molar-refractivity contribution in [2.75, 3.05) is 31.1 Å². The zero-order chi connectivity index (χ0) is 19.0. The van der Waals surface area contributed by atoms with Crippen LogP contribution in [0.4, 0.5) is 5.69 Å². The van der Waals surface area contributed by atoms with E-state index in [1.165, 1.54) is 16.7 Å². The van der Waals surface area contributed by atoms with Crippen molar-refractivity contribution in [2.24, 2.45) is 0 Å². The van der Waals surface area contributed by atoms with Gasteiger partial charge in [-0.25, -0.2) is 0 Å². The highest BCUT2D eigenvalue weighted by Gasteiger charge is 2.42. The second kappa shape index (κ2) is 7.34. The van der Waals surface area contributed by atoms with Gasteiger partial charge in [0.2, 0.25) is 5.91 Å². The molecule has 0 unspecified atom stereocenters. The summed E-state index contributed by atoms with van der Waals surface area (Å²) in [7, 11) is 0. The van der Waals surface area contributed by atoms with Gasteiger partial charge in [-0.05, 0) is 55.0 Å². The number of amides is 1. The molecule has 0 atom stereocenters. The van der Waals surface area contributed by atoms with Crippen LogP contribution >= 0.6 is 0 Å². The van der Waals surface area contributed by atoms with Crippen LogP contribution in [0.3, 0.4) is 0 Å². The third-order valence-electron chi connectivity index (χ3n) is 6.72. The Morgan fingerprint density at radius 2 is 1.64 bits per heavy atom. The number of aryl methyl sites for hydroxylation is 1. The summed E-state index contributed by atoms with van der Waals surface area (Å²) in [6.07, 6.45) is 4.66. The molecule has 1 amide bonds. The smallest absolute Gasteiger partial charge is 0.227 e. The molecule has 0 radical (unpaired) electrons. The number of para-hydroxylation sites is 1. The van der Waals surface area contributed by atoms with E-state index in [9.17, 15) is 4.79 Å². The molecule has 4 nitrogen and oxygen atoms in total. The van der Waals surface area contributed by atoms with Crippen molar-refractivity contribution in [3.63, 3.8) is 0 Å². The van der Waals surface area contributed by atoms with Gasteiger partial charge in [-0.1, -0.05) is 42.5 Å². The van der Waals surface area contributed by atoms with Crippen molar-refractivity contribution >= 4 is 11.6 Å². The van der Waals surface area contributed by atoms with Crippen LogP contribution in [-0.2, 0) is 28.2 Å². The van der Waals surface area contributed by atoms with Crippen molar-refractivity contribution in [1.82, 2.24) is 4.90 Å². The van der Waals surface area contributed by atoms with E-state index in [1.807, 2.05) is 11.0 Å². The zero-order valence-electron chi connectivity index (χ0n) is 16.4. The third kappa shape index (κ3) is 3.15. The molecule has 0 N–H and O–H groups in total. The fraction of sp³-hybridized carbons (Fsp3) is 0.458. The summed E-state index contributed by atoms with van der Waals surface area (Å²) in [6.45, 7) is 4.75. The Hall–Kier alpha value is -2.17. The van der Waals surface area contributed by atoms with Crippen LogP contribution in [0.5, 0.6) is 0 Å². The van der Waals surface area contributed by atoms with Gasteiger partial charge in [0.15, 0.2) is 0 Å². The first-order valence-corrected chi connectivity index (χ1v) is 10.6. The van der Waals surface area contributed by atoms with Gasteiger partial charge in [-0.15, -0.1) is 0 Å². The molecule has 0 aliphatic carbocycles. The van der Waals surface area contributed by atoms with Gasteiger partial charge < -0.3 is 14.5 Å². The summed E-state index contributed by atoms with van der Waals surface area (Å²) < 4.78 is 6.27. The molecular weight excluding hydrogens is 348 g/mol. The molecule has 0 bridgehead atoms. The van der Waals surface area contributed by atoms with Crippen LogP contribution < -0.4 is 4.90 Å². The fourth-order valence-electron chi connectivity index (χ4n) is 5.13. The molecule has 1 spiro atoms. The minimum absolute atomic E-state index is 0.0606. The Bertz CT molecular complexity index is 870. The highest BCUT2D eigenvalue weighted by atomic mass is 16.5. The average Bonchev–Trinajstić information content (AvgIpc) is 3.10. The molecule has 5 rings (SSSR count). The summed E-state index contributed by atoms with van der Waals surface area (Å²) in [6, 6.07) is 17.0. The van der Waals surface area contributed by atoms with E-state index < -0.39 is 0 Å². The molecule has 146 valence electrons. The molecule has 3 aliphatic rings. The van der Waals surface area contributed by atoms with E-state index in [2.05, 4.69) is 47.4 Å². The first-order chi connectivity index (χ1) is 13.8. The number of hydrogen-bond acceptors (Lipinski definition) is 3. The zero-order valence-corrected chi connectivity index (χ0v) is 16.4. The first-order valence-electron chi connectivity index (χ1n) is 10.6. The Morgan fingerprint density at radius 3 is 2.50 bits per heavy atom. The molecule has 3 aliphatic heterocycles. The van der Waals surface area contributed by atoms with Gasteiger partial charge in [-0.2, -0.15) is 0 Å². The second-order valence-electron chi connectivity index (χ2n) is 8.31. The van der Waals surface area contributed by atoms with E-state index in [4.69, 9.17) is 4.74 Å². The molecule has 3 heterocycles. The summed E-state index contributed by atoms with van der Waals surface area (Å²) in [5.41, 5.74) is 5.13. The standard InChI is InChI=1S/C24H28N2O2/c27-23-11-10-19-6-2-4-9-22(19)26(23)15-5-14-25-16-12-24(13-17-25)21-8-3-1-7-20(21)18-28-24/h1-4,6-9H,5,10-18H2. The van der Waals surface area contributed by atoms with E-state index in [0.29, 0.717) is 6.42 Å². The number of ether oxygens (including phenoxy) is 1. The van der Waals surface area contributed by atoms with Gasteiger partial charge in [-0.3, -0.25) is 4.79 Å². The summed E-state index contributed by atoms with van der Waals surface area (Å²) in [5, 5.41) is 0. The van der Waals surface area contributed by atoms with Crippen LogP contribution in [0.15, 0.2) is 48.5 Å². The van der Waals surface area contributed by atoms with Gasteiger partial charge in [0.25, 0.3) is 0 Å². The minimum Gasteiger partial charge on any atom is -0.365 e.